The number of benzene rings is 1. The van der Waals surface area contributed by atoms with Gasteiger partial charge in [0.15, 0.2) is 6.29 Å². The molecule has 5 atom stereocenters. The van der Waals surface area contributed by atoms with E-state index in [0.29, 0.717) is 0 Å². The molecule has 0 aromatic heterocycles. The van der Waals surface area contributed by atoms with E-state index >= 15 is 0 Å². The van der Waals surface area contributed by atoms with E-state index in [-0.39, 0.29) is 12.7 Å². The Kier molecular flexibility index (Phi) is 7.15. The van der Waals surface area contributed by atoms with Crippen LogP contribution in [0.3, 0.4) is 0 Å². The first kappa shape index (κ1) is 19.6. The van der Waals surface area contributed by atoms with Gasteiger partial charge in [0.05, 0.1) is 18.8 Å². The minimum absolute atomic E-state index is 0.0530. The van der Waals surface area contributed by atoms with E-state index in [1.54, 1.807) is 26.0 Å². The van der Waals surface area contributed by atoms with Crippen molar-refractivity contribution in [2.45, 2.75) is 57.2 Å². The summed E-state index contributed by atoms with van der Waals surface area (Å²) in [5, 5.41) is 32.3. The van der Waals surface area contributed by atoms with Crippen molar-refractivity contribution in [2.24, 2.45) is 0 Å². The lowest BCUT2D eigenvalue weighted by atomic mass is 9.96. The highest BCUT2D eigenvalue weighted by Crippen LogP contribution is 2.23. The van der Waals surface area contributed by atoms with Crippen LogP contribution in [0.2, 0.25) is 0 Å². The van der Waals surface area contributed by atoms with Gasteiger partial charge in [-0.2, -0.15) is 0 Å². The Balaban J connectivity index is 1.97. The van der Waals surface area contributed by atoms with E-state index in [2.05, 4.69) is 5.32 Å². The molecule has 140 valence electrons. The van der Waals surface area contributed by atoms with E-state index in [9.17, 15) is 20.1 Å². The topological polar surface area (TPSA) is 117 Å². The molecule has 1 saturated heterocycles. The van der Waals surface area contributed by atoms with Crippen molar-refractivity contribution >= 4 is 6.09 Å². The third-order valence-electron chi connectivity index (χ3n) is 3.79. The Morgan fingerprint density at radius 3 is 2.52 bits per heavy atom. The predicted molar refractivity (Wildman–Crippen MR) is 87.5 cm³/mol. The fourth-order valence-electron chi connectivity index (χ4n) is 2.54. The maximum absolute atomic E-state index is 12.0. The number of nitrogens with one attached hydrogen (secondary N) is 1. The lowest BCUT2D eigenvalue weighted by Crippen LogP contribution is -2.65. The van der Waals surface area contributed by atoms with Gasteiger partial charge in [0, 0.05) is 0 Å². The minimum atomic E-state index is -1.32. The molecule has 1 aliphatic heterocycles. The second-order valence-electron chi connectivity index (χ2n) is 6.12. The maximum Gasteiger partial charge on any atom is 0.407 e. The largest absolute Gasteiger partial charge is 0.445 e. The molecule has 0 radical (unpaired) electrons. The molecule has 0 saturated carbocycles. The zero-order valence-electron chi connectivity index (χ0n) is 14.2. The van der Waals surface area contributed by atoms with Crippen molar-refractivity contribution < 1.29 is 34.3 Å². The van der Waals surface area contributed by atoms with E-state index in [1.165, 1.54) is 0 Å². The van der Waals surface area contributed by atoms with Crippen LogP contribution in [0.1, 0.15) is 19.4 Å². The van der Waals surface area contributed by atoms with Gasteiger partial charge in [0.2, 0.25) is 0 Å². The molecule has 0 bridgehead atoms. The second-order valence-corrected chi connectivity index (χ2v) is 6.12. The lowest BCUT2D eigenvalue weighted by Gasteiger charge is -2.42. The molecule has 8 heteroatoms. The van der Waals surface area contributed by atoms with E-state index in [4.69, 9.17) is 14.2 Å². The van der Waals surface area contributed by atoms with Crippen molar-refractivity contribution in [1.82, 2.24) is 5.32 Å². The van der Waals surface area contributed by atoms with Crippen molar-refractivity contribution in [3.8, 4) is 0 Å². The van der Waals surface area contributed by atoms with E-state index < -0.39 is 43.3 Å². The van der Waals surface area contributed by atoms with Crippen LogP contribution in [0.15, 0.2) is 30.3 Å². The summed E-state index contributed by atoms with van der Waals surface area (Å²) in [7, 11) is 0. The highest BCUT2D eigenvalue weighted by molar-refractivity contribution is 5.67. The maximum atomic E-state index is 12.0. The Hall–Kier alpha value is -1.71. The van der Waals surface area contributed by atoms with Crippen LogP contribution in [0.25, 0.3) is 0 Å². The molecule has 4 N–H and O–H groups in total. The molecule has 1 amide bonds. The van der Waals surface area contributed by atoms with Crippen molar-refractivity contribution in [3.63, 3.8) is 0 Å². The minimum Gasteiger partial charge on any atom is -0.445 e. The van der Waals surface area contributed by atoms with Gasteiger partial charge in [-0.15, -0.1) is 0 Å². The van der Waals surface area contributed by atoms with Gasteiger partial charge in [-0.25, -0.2) is 4.79 Å². The lowest BCUT2D eigenvalue weighted by molar-refractivity contribution is -0.287. The smallest absolute Gasteiger partial charge is 0.407 e. The number of alkyl carbamates (subject to hydrolysis) is 1. The van der Waals surface area contributed by atoms with Gasteiger partial charge in [0.1, 0.15) is 24.9 Å². The summed E-state index contributed by atoms with van der Waals surface area (Å²) in [6.07, 6.45) is -5.75. The van der Waals surface area contributed by atoms with Crippen molar-refractivity contribution in [2.75, 3.05) is 6.61 Å². The molecule has 1 fully saturated rings. The Labute approximate surface area is 146 Å². The number of carbonyl (C=O) groups is 1. The van der Waals surface area contributed by atoms with Crippen LogP contribution in [0, 0.1) is 0 Å². The normalized spacial score (nSPS) is 29.4. The van der Waals surface area contributed by atoms with Crippen molar-refractivity contribution in [3.05, 3.63) is 35.9 Å². The highest BCUT2D eigenvalue weighted by Gasteiger charge is 2.46. The second kappa shape index (κ2) is 9.12. The van der Waals surface area contributed by atoms with Gasteiger partial charge < -0.3 is 34.8 Å². The van der Waals surface area contributed by atoms with E-state index in [0.717, 1.165) is 5.56 Å². The summed E-state index contributed by atoms with van der Waals surface area (Å²) in [5.74, 6) is 0. The van der Waals surface area contributed by atoms with Crippen LogP contribution in [-0.2, 0) is 20.8 Å². The molecule has 8 nitrogen and oxygen atoms in total. The van der Waals surface area contributed by atoms with Crippen LogP contribution in [-0.4, -0.2) is 64.8 Å². The summed E-state index contributed by atoms with van der Waals surface area (Å²) in [6.45, 7) is 3.08. The first-order valence-electron chi connectivity index (χ1n) is 8.17. The van der Waals surface area contributed by atoms with Gasteiger partial charge in [-0.1, -0.05) is 30.3 Å². The predicted octanol–water partition coefficient (Wildman–Crippen LogP) is 0.145. The van der Waals surface area contributed by atoms with Crippen LogP contribution < -0.4 is 5.32 Å². The molecule has 0 aliphatic carbocycles. The average molecular weight is 355 g/mol. The van der Waals surface area contributed by atoms with E-state index in [1.807, 2.05) is 18.2 Å². The number of carbonyl (C=O) groups excluding carboxylic acids is 1. The third-order valence-corrected chi connectivity index (χ3v) is 3.79. The quantitative estimate of drug-likeness (QED) is 0.573. The van der Waals surface area contributed by atoms with Gasteiger partial charge in [-0.3, -0.25) is 0 Å². The number of aliphatic hydroxyl groups excluding tert-OH is 3. The summed E-state index contributed by atoms with van der Waals surface area (Å²) in [6, 6.07) is 8.00. The molecule has 2 rings (SSSR count). The standard InChI is InChI=1S/C17H25NO7/c1-10(2)24-16-15(21)13(14(20)12(8-19)25-16)18-17(22)23-9-11-6-4-3-5-7-11/h3-7,10,12-16,19-21H,8-9H2,1-2H3,(H,18,22)/t12-,13+,14-,15-,16?/m1/s1. The third kappa shape index (κ3) is 5.38. The molecular formula is C17H25NO7. The molecule has 1 unspecified atom stereocenters. The molecule has 1 aromatic carbocycles. The van der Waals surface area contributed by atoms with Gasteiger partial charge in [-0.05, 0) is 19.4 Å². The fraction of sp³-hybridized carbons (Fsp3) is 0.588. The Morgan fingerprint density at radius 2 is 1.92 bits per heavy atom. The average Bonchev–Trinajstić information content (AvgIpc) is 2.60. The van der Waals surface area contributed by atoms with Gasteiger partial charge >= 0.3 is 6.09 Å². The fourth-order valence-corrected chi connectivity index (χ4v) is 2.54. The van der Waals surface area contributed by atoms with Crippen LogP contribution >= 0.6 is 0 Å². The summed E-state index contributed by atoms with van der Waals surface area (Å²) in [4.78, 5) is 12.0. The number of rotatable bonds is 6. The van der Waals surface area contributed by atoms with Gasteiger partial charge in [0.25, 0.3) is 0 Å². The number of ether oxygens (including phenoxy) is 3. The number of amides is 1. The number of aliphatic hydroxyl groups is 3. The SMILES string of the molecule is CC(C)OC1O[C@H](CO)[C@@H](O)[C@H](NC(=O)OCc2ccccc2)[C@H]1O. The monoisotopic (exact) mass is 355 g/mol. The molecular weight excluding hydrogens is 330 g/mol. The zero-order chi connectivity index (χ0) is 18.4. The molecule has 0 spiro atoms. The molecule has 1 aromatic rings. The highest BCUT2D eigenvalue weighted by atomic mass is 16.7. The summed E-state index contributed by atoms with van der Waals surface area (Å²) in [5.41, 5.74) is 0.806. The number of hydrogen-bond acceptors (Lipinski definition) is 7. The summed E-state index contributed by atoms with van der Waals surface area (Å²) < 4.78 is 15.9. The zero-order valence-corrected chi connectivity index (χ0v) is 14.2. The molecule has 1 heterocycles. The molecule has 25 heavy (non-hydrogen) atoms. The molecule has 1 aliphatic rings. The summed E-state index contributed by atoms with van der Waals surface area (Å²) >= 11 is 0. The number of hydrogen-bond donors (Lipinski definition) is 4. The van der Waals surface area contributed by atoms with Crippen molar-refractivity contribution in [1.29, 1.82) is 0 Å². The van der Waals surface area contributed by atoms with Crippen LogP contribution in [0.4, 0.5) is 4.79 Å². The first-order chi connectivity index (χ1) is 11.9. The van der Waals surface area contributed by atoms with Crippen LogP contribution in [0.5, 0.6) is 0 Å². The first-order valence-corrected chi connectivity index (χ1v) is 8.17. The Morgan fingerprint density at radius 1 is 1.24 bits per heavy atom. The Bertz CT molecular complexity index is 539.